The first-order chi connectivity index (χ1) is 9.88. The highest BCUT2D eigenvalue weighted by atomic mass is 35.5. The van der Waals surface area contributed by atoms with Crippen molar-refractivity contribution in [1.82, 2.24) is 5.32 Å². The van der Waals surface area contributed by atoms with E-state index in [0.29, 0.717) is 16.5 Å². The molecule has 1 saturated carbocycles. The summed E-state index contributed by atoms with van der Waals surface area (Å²) in [5.41, 5.74) is 0.743. The molecule has 0 heterocycles. The van der Waals surface area contributed by atoms with Crippen LogP contribution in [0.25, 0.3) is 0 Å². The van der Waals surface area contributed by atoms with E-state index in [-0.39, 0.29) is 17.3 Å². The molecule has 1 aromatic rings. The molecule has 1 nitrogen and oxygen atoms in total. The van der Waals surface area contributed by atoms with E-state index in [1.165, 1.54) is 38.2 Å². The second-order valence-corrected chi connectivity index (χ2v) is 7.68. The van der Waals surface area contributed by atoms with Crippen molar-refractivity contribution in [2.75, 3.05) is 6.54 Å². The predicted octanol–water partition coefficient (Wildman–Crippen LogP) is 5.53. The minimum atomic E-state index is -0.159. The monoisotopic (exact) mass is 311 g/mol. The second kappa shape index (κ2) is 7.11. The molecule has 0 bridgehead atoms. The fraction of sp³-hybridized carbons (Fsp3) is 0.667. The molecular weight excluding hydrogens is 285 g/mol. The van der Waals surface area contributed by atoms with Gasteiger partial charge < -0.3 is 5.32 Å². The van der Waals surface area contributed by atoms with Gasteiger partial charge in [-0.15, -0.1) is 0 Å². The summed E-state index contributed by atoms with van der Waals surface area (Å²) < 4.78 is 14.4. The van der Waals surface area contributed by atoms with E-state index in [1.54, 1.807) is 6.07 Å². The summed E-state index contributed by atoms with van der Waals surface area (Å²) in [6.45, 7) is 7.23. The Morgan fingerprint density at radius 2 is 1.90 bits per heavy atom. The quantitative estimate of drug-likeness (QED) is 0.770. The molecule has 0 aliphatic heterocycles. The van der Waals surface area contributed by atoms with Crippen molar-refractivity contribution in [1.29, 1.82) is 0 Å². The van der Waals surface area contributed by atoms with Gasteiger partial charge in [-0.1, -0.05) is 36.9 Å². The number of rotatable bonds is 4. The van der Waals surface area contributed by atoms with Gasteiger partial charge in [0, 0.05) is 28.6 Å². The summed E-state index contributed by atoms with van der Waals surface area (Å²) in [7, 11) is 0. The predicted molar refractivity (Wildman–Crippen MR) is 88.5 cm³/mol. The molecule has 0 saturated heterocycles. The lowest BCUT2D eigenvalue weighted by molar-refractivity contribution is 0.275. The minimum Gasteiger partial charge on any atom is -0.311 e. The highest BCUT2D eigenvalue weighted by Crippen LogP contribution is 2.39. The number of hydrogen-bond donors (Lipinski definition) is 1. The average molecular weight is 312 g/mol. The van der Waals surface area contributed by atoms with Crippen LogP contribution < -0.4 is 5.32 Å². The second-order valence-electron chi connectivity index (χ2n) is 7.27. The first kappa shape index (κ1) is 16.8. The van der Waals surface area contributed by atoms with Crippen LogP contribution >= 0.6 is 11.6 Å². The van der Waals surface area contributed by atoms with E-state index >= 15 is 0 Å². The maximum Gasteiger partial charge on any atom is 0.128 e. The van der Waals surface area contributed by atoms with Crippen LogP contribution in [0.2, 0.25) is 5.02 Å². The van der Waals surface area contributed by atoms with Crippen molar-refractivity contribution in [2.24, 2.45) is 5.92 Å². The molecule has 0 spiro atoms. The van der Waals surface area contributed by atoms with Gasteiger partial charge >= 0.3 is 0 Å². The van der Waals surface area contributed by atoms with Gasteiger partial charge in [0.25, 0.3) is 0 Å². The number of hydrogen-bond acceptors (Lipinski definition) is 1. The van der Waals surface area contributed by atoms with Crippen LogP contribution in [-0.2, 0) is 0 Å². The third-order valence-electron chi connectivity index (χ3n) is 4.44. The molecular formula is C18H27ClFN. The Bertz CT molecular complexity index is 441. The molecule has 0 aromatic heterocycles. The summed E-state index contributed by atoms with van der Waals surface area (Å²) in [5, 5.41) is 4.12. The third-order valence-corrected chi connectivity index (χ3v) is 4.77. The fourth-order valence-corrected chi connectivity index (χ4v) is 3.63. The van der Waals surface area contributed by atoms with Crippen LogP contribution in [-0.4, -0.2) is 12.1 Å². The van der Waals surface area contributed by atoms with Gasteiger partial charge in [0.05, 0.1) is 0 Å². The van der Waals surface area contributed by atoms with Crippen LogP contribution in [0.1, 0.15) is 64.4 Å². The van der Waals surface area contributed by atoms with Crippen LogP contribution in [0, 0.1) is 11.7 Å². The molecule has 3 heteroatoms. The molecule has 1 aliphatic rings. The Labute approximate surface area is 133 Å². The highest BCUT2D eigenvalue weighted by molar-refractivity contribution is 6.31. The molecule has 1 N–H and O–H groups in total. The minimum absolute atomic E-state index is 0.0324. The molecule has 21 heavy (non-hydrogen) atoms. The lowest BCUT2D eigenvalue weighted by atomic mass is 9.76. The highest BCUT2D eigenvalue weighted by Gasteiger charge is 2.29. The lowest BCUT2D eigenvalue weighted by Gasteiger charge is -2.34. The smallest absolute Gasteiger partial charge is 0.128 e. The fourth-order valence-electron chi connectivity index (χ4n) is 3.32. The molecule has 118 valence electrons. The molecule has 0 amide bonds. The van der Waals surface area contributed by atoms with E-state index in [4.69, 9.17) is 11.6 Å². The van der Waals surface area contributed by atoms with Gasteiger partial charge in [-0.2, -0.15) is 0 Å². The third kappa shape index (κ3) is 4.69. The Kier molecular flexibility index (Phi) is 5.67. The van der Waals surface area contributed by atoms with Crippen LogP contribution in [0.4, 0.5) is 4.39 Å². The van der Waals surface area contributed by atoms with E-state index < -0.39 is 0 Å². The first-order valence-corrected chi connectivity index (χ1v) is 8.45. The standard InChI is InChI=1S/C18H27ClFN/c1-18(2,3)21-12-14(13-8-5-4-6-9-13)17-15(19)10-7-11-16(17)20/h7,10-11,13-14,21H,4-6,8-9,12H2,1-3H3. The van der Waals surface area contributed by atoms with Gasteiger partial charge in [-0.25, -0.2) is 4.39 Å². The van der Waals surface area contributed by atoms with Crippen molar-refractivity contribution < 1.29 is 4.39 Å². The van der Waals surface area contributed by atoms with E-state index in [9.17, 15) is 4.39 Å². The van der Waals surface area contributed by atoms with E-state index in [2.05, 4.69) is 26.1 Å². The van der Waals surface area contributed by atoms with Crippen LogP contribution in [0.5, 0.6) is 0 Å². The zero-order valence-electron chi connectivity index (χ0n) is 13.4. The van der Waals surface area contributed by atoms with Crippen LogP contribution in [0.15, 0.2) is 18.2 Å². The Balaban J connectivity index is 2.26. The SMILES string of the molecule is CC(C)(C)NCC(c1c(F)cccc1Cl)C1CCCCC1. The maximum atomic E-state index is 14.4. The molecule has 1 aliphatic carbocycles. The topological polar surface area (TPSA) is 12.0 Å². The summed E-state index contributed by atoms with van der Waals surface area (Å²) in [6.07, 6.45) is 6.18. The van der Waals surface area contributed by atoms with Crippen LogP contribution in [0.3, 0.4) is 0 Å². The molecule has 2 rings (SSSR count). The van der Waals surface area contributed by atoms with Crippen molar-refractivity contribution in [3.05, 3.63) is 34.6 Å². The summed E-state index contributed by atoms with van der Waals surface area (Å²) in [5.74, 6) is 0.537. The molecule has 1 unspecified atom stereocenters. The van der Waals surface area contributed by atoms with Gasteiger partial charge in [0.1, 0.15) is 5.82 Å². The van der Waals surface area contributed by atoms with Crippen molar-refractivity contribution >= 4 is 11.6 Å². The van der Waals surface area contributed by atoms with Gasteiger partial charge in [-0.3, -0.25) is 0 Å². The maximum absolute atomic E-state index is 14.4. The molecule has 1 atom stereocenters. The van der Waals surface area contributed by atoms with Gasteiger partial charge in [0.15, 0.2) is 0 Å². The zero-order chi connectivity index (χ0) is 15.5. The Morgan fingerprint density at radius 1 is 1.24 bits per heavy atom. The average Bonchev–Trinajstić information content (AvgIpc) is 2.42. The number of benzene rings is 1. The van der Waals surface area contributed by atoms with Gasteiger partial charge in [0.2, 0.25) is 0 Å². The van der Waals surface area contributed by atoms with E-state index in [0.717, 1.165) is 6.54 Å². The molecule has 1 fully saturated rings. The number of halogens is 2. The van der Waals surface area contributed by atoms with Crippen molar-refractivity contribution in [3.8, 4) is 0 Å². The van der Waals surface area contributed by atoms with Gasteiger partial charge in [-0.05, 0) is 51.7 Å². The zero-order valence-corrected chi connectivity index (χ0v) is 14.1. The summed E-state index contributed by atoms with van der Waals surface area (Å²) >= 11 is 6.33. The van der Waals surface area contributed by atoms with Crippen molar-refractivity contribution in [3.63, 3.8) is 0 Å². The number of nitrogens with one attached hydrogen (secondary N) is 1. The Hall–Kier alpha value is -0.600. The molecule has 0 radical (unpaired) electrons. The Morgan fingerprint density at radius 3 is 2.48 bits per heavy atom. The summed E-state index contributed by atoms with van der Waals surface area (Å²) in [4.78, 5) is 0. The summed E-state index contributed by atoms with van der Waals surface area (Å²) in [6, 6.07) is 5.04. The van der Waals surface area contributed by atoms with E-state index in [1.807, 2.05) is 6.07 Å². The lowest BCUT2D eigenvalue weighted by Crippen LogP contribution is -2.40. The molecule has 1 aromatic carbocycles. The normalized spacial score (nSPS) is 18.7. The largest absolute Gasteiger partial charge is 0.311 e. The van der Waals surface area contributed by atoms with Crippen molar-refractivity contribution in [2.45, 2.75) is 64.3 Å². The first-order valence-electron chi connectivity index (χ1n) is 8.07.